The molecule has 0 radical (unpaired) electrons. The number of unbranched alkanes of at least 4 members (excludes halogenated alkanes) is 1. The first kappa shape index (κ1) is 18.3. The molecule has 16 heavy (non-hydrogen) atoms. The Hall–Kier alpha value is -0.0400. The molecule has 4 nitrogen and oxygen atoms in total. The molecule has 0 aliphatic heterocycles. The molecule has 0 heterocycles. The third-order valence-corrected chi connectivity index (χ3v) is 2.37. The molecule has 0 aromatic heterocycles. The molecule has 0 rings (SSSR count). The van der Waals surface area contributed by atoms with Crippen LogP contribution >= 0.6 is 24.0 Å². The zero-order valence-electron chi connectivity index (χ0n) is 11.0. The van der Waals surface area contributed by atoms with Crippen molar-refractivity contribution in [3.63, 3.8) is 0 Å². The lowest BCUT2D eigenvalue weighted by atomic mass is 10.3. The summed E-state index contributed by atoms with van der Waals surface area (Å²) in [5.74, 6) is 0.910. The van der Waals surface area contributed by atoms with Gasteiger partial charge in [0.25, 0.3) is 0 Å². The highest BCUT2D eigenvalue weighted by Gasteiger charge is 1.97. The normalized spacial score (nSPS) is 11.2. The molecule has 98 valence electrons. The van der Waals surface area contributed by atoms with Crippen LogP contribution in [0.25, 0.3) is 0 Å². The number of nitrogens with one attached hydrogen (secondary N) is 2. The first-order chi connectivity index (χ1) is 7.24. The van der Waals surface area contributed by atoms with E-state index in [-0.39, 0.29) is 24.0 Å². The minimum absolute atomic E-state index is 0. The summed E-state index contributed by atoms with van der Waals surface area (Å²) in [6.07, 6.45) is 2.40. The Morgan fingerprint density at radius 3 is 2.31 bits per heavy atom. The van der Waals surface area contributed by atoms with Crippen molar-refractivity contribution in [1.82, 2.24) is 15.5 Å². The molecule has 0 aliphatic rings. The summed E-state index contributed by atoms with van der Waals surface area (Å²) in [4.78, 5) is 6.43. The lowest BCUT2D eigenvalue weighted by Crippen LogP contribution is -2.41. The summed E-state index contributed by atoms with van der Waals surface area (Å²) in [5.41, 5.74) is 0. The number of hydrogen-bond donors (Lipinski definition) is 2. The number of halogens is 1. The van der Waals surface area contributed by atoms with Gasteiger partial charge in [0.05, 0.1) is 0 Å². The third-order valence-electron chi connectivity index (χ3n) is 2.37. The van der Waals surface area contributed by atoms with Gasteiger partial charge >= 0.3 is 0 Å². The van der Waals surface area contributed by atoms with Gasteiger partial charge in [0.2, 0.25) is 0 Å². The summed E-state index contributed by atoms with van der Waals surface area (Å²) < 4.78 is 0. The van der Waals surface area contributed by atoms with E-state index in [0.717, 1.165) is 32.1 Å². The van der Waals surface area contributed by atoms with Crippen LogP contribution in [0, 0.1) is 0 Å². The van der Waals surface area contributed by atoms with Crippen LogP contribution in [0.5, 0.6) is 0 Å². The standard InChI is InChI=1S/C11H26N4.HI/c1-5-7-8-13-11(12-3)14-9-10-15(4)6-2;/h5-10H2,1-4H3,(H2,12,13,14);1H. The summed E-state index contributed by atoms with van der Waals surface area (Å²) in [5, 5.41) is 6.57. The first-order valence-corrected chi connectivity index (χ1v) is 5.87. The predicted molar refractivity (Wildman–Crippen MR) is 82.9 cm³/mol. The van der Waals surface area contributed by atoms with E-state index < -0.39 is 0 Å². The van der Waals surface area contributed by atoms with Crippen LogP contribution in [0.4, 0.5) is 0 Å². The van der Waals surface area contributed by atoms with Gasteiger partial charge in [-0.25, -0.2) is 0 Å². The van der Waals surface area contributed by atoms with Crippen molar-refractivity contribution in [3.8, 4) is 0 Å². The predicted octanol–water partition coefficient (Wildman–Crippen LogP) is 1.52. The highest BCUT2D eigenvalue weighted by molar-refractivity contribution is 14.0. The quantitative estimate of drug-likeness (QED) is 0.319. The fraction of sp³-hybridized carbons (Fsp3) is 0.909. The lowest BCUT2D eigenvalue weighted by Gasteiger charge is -2.16. The van der Waals surface area contributed by atoms with Crippen LogP contribution in [0.1, 0.15) is 26.7 Å². The minimum atomic E-state index is 0. The van der Waals surface area contributed by atoms with Gasteiger partial charge in [-0.2, -0.15) is 0 Å². The number of nitrogens with zero attached hydrogens (tertiary/aromatic N) is 2. The van der Waals surface area contributed by atoms with Crippen LogP contribution in [0.3, 0.4) is 0 Å². The van der Waals surface area contributed by atoms with Crippen molar-refractivity contribution in [3.05, 3.63) is 0 Å². The molecule has 0 spiro atoms. The summed E-state index contributed by atoms with van der Waals surface area (Å²) in [6, 6.07) is 0. The van der Waals surface area contributed by atoms with Crippen molar-refractivity contribution in [2.75, 3.05) is 40.3 Å². The number of likely N-dealkylation sites (N-methyl/N-ethyl adjacent to an activating group) is 1. The van der Waals surface area contributed by atoms with Gasteiger partial charge in [-0.3, -0.25) is 4.99 Å². The van der Waals surface area contributed by atoms with Gasteiger partial charge in [-0.15, -0.1) is 24.0 Å². The van der Waals surface area contributed by atoms with Crippen LogP contribution in [0.15, 0.2) is 4.99 Å². The fourth-order valence-electron chi connectivity index (χ4n) is 1.13. The molecule has 0 aliphatic carbocycles. The van der Waals surface area contributed by atoms with Crippen LogP contribution in [-0.2, 0) is 0 Å². The molecule has 0 saturated heterocycles. The molecule has 0 bridgehead atoms. The highest BCUT2D eigenvalue weighted by Crippen LogP contribution is 1.82. The first-order valence-electron chi connectivity index (χ1n) is 5.87. The Morgan fingerprint density at radius 1 is 1.19 bits per heavy atom. The Kier molecular flexibility index (Phi) is 14.9. The molecule has 5 heteroatoms. The van der Waals surface area contributed by atoms with E-state index in [1.165, 1.54) is 12.8 Å². The smallest absolute Gasteiger partial charge is 0.191 e. The Balaban J connectivity index is 0. The topological polar surface area (TPSA) is 39.7 Å². The Morgan fingerprint density at radius 2 is 1.81 bits per heavy atom. The molecular formula is C11H27IN4. The second kappa shape index (κ2) is 13.0. The summed E-state index contributed by atoms with van der Waals surface area (Å²) in [7, 11) is 3.93. The maximum Gasteiger partial charge on any atom is 0.191 e. The lowest BCUT2D eigenvalue weighted by molar-refractivity contribution is 0.357. The molecule has 0 atom stereocenters. The van der Waals surface area contributed by atoms with Crippen LogP contribution < -0.4 is 10.6 Å². The molecular weight excluding hydrogens is 315 g/mol. The number of hydrogen-bond acceptors (Lipinski definition) is 2. The highest BCUT2D eigenvalue weighted by atomic mass is 127. The van der Waals surface area contributed by atoms with Crippen molar-refractivity contribution >= 4 is 29.9 Å². The monoisotopic (exact) mass is 342 g/mol. The SMILES string of the molecule is CCCCNC(=NC)NCCN(C)CC.I. The third kappa shape index (κ3) is 10.5. The maximum atomic E-state index is 4.16. The average molecular weight is 342 g/mol. The van der Waals surface area contributed by atoms with Gasteiger partial charge in [-0.05, 0) is 20.0 Å². The zero-order chi connectivity index (χ0) is 11.5. The van der Waals surface area contributed by atoms with Gasteiger partial charge in [-0.1, -0.05) is 20.3 Å². The van der Waals surface area contributed by atoms with Crippen LogP contribution in [0.2, 0.25) is 0 Å². The van der Waals surface area contributed by atoms with Crippen LogP contribution in [-0.4, -0.2) is 51.1 Å². The largest absolute Gasteiger partial charge is 0.356 e. The Bertz CT molecular complexity index is 173. The molecule has 0 unspecified atom stereocenters. The van der Waals surface area contributed by atoms with Crippen molar-refractivity contribution < 1.29 is 0 Å². The number of rotatable bonds is 7. The van der Waals surface area contributed by atoms with Gasteiger partial charge in [0.15, 0.2) is 5.96 Å². The van der Waals surface area contributed by atoms with E-state index >= 15 is 0 Å². The van der Waals surface area contributed by atoms with E-state index in [9.17, 15) is 0 Å². The van der Waals surface area contributed by atoms with E-state index in [4.69, 9.17) is 0 Å². The molecule has 0 saturated carbocycles. The summed E-state index contributed by atoms with van der Waals surface area (Å²) >= 11 is 0. The molecule has 0 aromatic carbocycles. The average Bonchev–Trinajstić information content (AvgIpc) is 2.26. The zero-order valence-corrected chi connectivity index (χ0v) is 13.4. The molecule has 2 N–H and O–H groups in total. The molecule has 0 aromatic rings. The number of guanidine groups is 1. The van der Waals surface area contributed by atoms with E-state index in [1.54, 1.807) is 0 Å². The van der Waals surface area contributed by atoms with E-state index in [1.807, 2.05) is 7.05 Å². The van der Waals surface area contributed by atoms with Crippen molar-refractivity contribution in [1.29, 1.82) is 0 Å². The van der Waals surface area contributed by atoms with E-state index in [0.29, 0.717) is 0 Å². The Labute approximate surface area is 117 Å². The van der Waals surface area contributed by atoms with Gasteiger partial charge in [0, 0.05) is 26.7 Å². The van der Waals surface area contributed by atoms with E-state index in [2.05, 4.69) is 41.4 Å². The fourth-order valence-corrected chi connectivity index (χ4v) is 1.13. The van der Waals surface area contributed by atoms with Gasteiger partial charge in [0.1, 0.15) is 0 Å². The maximum absolute atomic E-state index is 4.16. The van der Waals surface area contributed by atoms with Gasteiger partial charge < -0.3 is 15.5 Å². The molecule has 0 fully saturated rings. The molecule has 0 amide bonds. The second-order valence-corrected chi connectivity index (χ2v) is 3.68. The second-order valence-electron chi connectivity index (χ2n) is 3.68. The van der Waals surface area contributed by atoms with Crippen molar-refractivity contribution in [2.24, 2.45) is 4.99 Å². The number of aliphatic imine (C=N–C) groups is 1. The minimum Gasteiger partial charge on any atom is -0.356 e. The van der Waals surface area contributed by atoms with Crippen molar-refractivity contribution in [2.45, 2.75) is 26.7 Å². The summed E-state index contributed by atoms with van der Waals surface area (Å²) in [6.45, 7) is 8.42.